The van der Waals surface area contributed by atoms with Gasteiger partial charge >= 0.3 is 0 Å². The topological polar surface area (TPSA) is 66.3 Å². The van der Waals surface area contributed by atoms with Crippen molar-refractivity contribution in [2.45, 2.75) is 102 Å². The summed E-state index contributed by atoms with van der Waals surface area (Å²) in [4.78, 5) is 22.0. The number of piperidine rings is 1. The van der Waals surface area contributed by atoms with Gasteiger partial charge in [0, 0.05) is 48.8 Å². The molecule has 3 aliphatic rings. The second-order valence-electron chi connectivity index (χ2n) is 14.1. The van der Waals surface area contributed by atoms with Crippen LogP contribution in [-0.2, 0) is 13.0 Å². The molecular formula is C37H51ClN6O. The summed E-state index contributed by atoms with van der Waals surface area (Å²) in [6.45, 7) is 4.34. The zero-order chi connectivity index (χ0) is 31.1. The molecule has 0 spiro atoms. The molecule has 3 fully saturated rings. The first kappa shape index (κ1) is 32.2. The molecule has 2 saturated carbocycles. The Morgan fingerprint density at radius 1 is 0.978 bits per heavy atom. The van der Waals surface area contributed by atoms with Crippen LogP contribution in [-0.4, -0.2) is 75.3 Å². The number of aromatic nitrogens is 3. The third-order valence-corrected chi connectivity index (χ3v) is 11.4. The Labute approximate surface area is 274 Å². The Bertz CT molecular complexity index is 1310. The van der Waals surface area contributed by atoms with E-state index in [4.69, 9.17) is 11.6 Å². The number of hydrogen-bond acceptors (Lipinski definition) is 5. The molecule has 8 heteroatoms. The van der Waals surface area contributed by atoms with E-state index >= 15 is 0 Å². The number of halogens is 1. The van der Waals surface area contributed by atoms with Gasteiger partial charge in [-0.15, -0.1) is 0 Å². The van der Waals surface area contributed by atoms with E-state index in [9.17, 15) is 4.79 Å². The molecule has 0 radical (unpaired) electrons. The Kier molecular flexibility index (Phi) is 10.9. The Hall–Kier alpha value is -2.74. The van der Waals surface area contributed by atoms with Crippen LogP contribution in [0.5, 0.6) is 0 Å². The molecule has 1 N–H and O–H groups in total. The zero-order valence-corrected chi connectivity index (χ0v) is 27.8. The van der Waals surface area contributed by atoms with Crippen molar-refractivity contribution in [1.82, 2.24) is 29.9 Å². The van der Waals surface area contributed by atoms with Gasteiger partial charge in [-0.3, -0.25) is 9.48 Å². The molecule has 1 aromatic heterocycles. The smallest absolute Gasteiger partial charge is 0.253 e. The van der Waals surface area contributed by atoms with Crippen molar-refractivity contribution in [2.75, 3.05) is 26.7 Å². The van der Waals surface area contributed by atoms with Gasteiger partial charge in [-0.25, -0.2) is 4.98 Å². The summed E-state index contributed by atoms with van der Waals surface area (Å²) in [7, 11) is 1.98. The van der Waals surface area contributed by atoms with Crippen LogP contribution < -0.4 is 5.32 Å². The van der Waals surface area contributed by atoms with E-state index in [2.05, 4.69) is 37.1 Å². The van der Waals surface area contributed by atoms with Crippen LogP contribution in [0.3, 0.4) is 0 Å². The standard InChI is InChI=1S/C37H51ClN6O/c1-42(36(45)30-8-4-2-5-9-30)35-18-16-33(17-19-35)41-34(24-29-12-14-32(38)15-13-29)25-43-22-20-37(21-23-43,26-44-28-39-27-40-44)31-10-6-3-7-11-31/h2,4-5,8-9,12-15,27-28,31,33-35,41H,3,6-7,10-11,16-26H2,1H3/t33?,34-,35?/m1/s1. The average Bonchev–Trinajstić information content (AvgIpc) is 3.60. The largest absolute Gasteiger partial charge is 0.339 e. The van der Waals surface area contributed by atoms with Crippen LogP contribution in [0.25, 0.3) is 0 Å². The molecule has 2 aliphatic carbocycles. The maximum Gasteiger partial charge on any atom is 0.253 e. The van der Waals surface area contributed by atoms with Gasteiger partial charge in [0.05, 0.1) is 0 Å². The number of benzene rings is 2. The van der Waals surface area contributed by atoms with Crippen molar-refractivity contribution in [2.24, 2.45) is 11.3 Å². The minimum atomic E-state index is 0.130. The number of amides is 1. The third kappa shape index (κ3) is 8.35. The molecule has 1 amide bonds. The fourth-order valence-corrected chi connectivity index (χ4v) is 8.66. The van der Waals surface area contributed by atoms with E-state index in [-0.39, 0.29) is 5.91 Å². The molecular weight excluding hydrogens is 580 g/mol. The van der Waals surface area contributed by atoms with Crippen molar-refractivity contribution in [3.05, 3.63) is 83.4 Å². The van der Waals surface area contributed by atoms with Gasteiger partial charge in [-0.1, -0.05) is 61.2 Å². The maximum absolute atomic E-state index is 13.1. The van der Waals surface area contributed by atoms with Gasteiger partial charge in [0.1, 0.15) is 12.7 Å². The van der Waals surface area contributed by atoms with Crippen molar-refractivity contribution in [3.8, 4) is 0 Å². The molecule has 0 unspecified atom stereocenters. The molecule has 1 atom stereocenters. The van der Waals surface area contributed by atoms with E-state index in [1.54, 1.807) is 6.33 Å². The van der Waals surface area contributed by atoms with Crippen LogP contribution in [0, 0.1) is 11.3 Å². The lowest BCUT2D eigenvalue weighted by atomic mass is 9.63. The first-order valence-electron chi connectivity index (χ1n) is 17.3. The summed E-state index contributed by atoms with van der Waals surface area (Å²) >= 11 is 6.24. The van der Waals surface area contributed by atoms with Gasteiger partial charge in [-0.05, 0) is 112 Å². The molecule has 6 rings (SSSR count). The van der Waals surface area contributed by atoms with Gasteiger partial charge in [0.15, 0.2) is 0 Å². The van der Waals surface area contributed by atoms with Crippen LogP contribution in [0.1, 0.15) is 86.6 Å². The van der Waals surface area contributed by atoms with Crippen molar-refractivity contribution < 1.29 is 4.79 Å². The summed E-state index contributed by atoms with van der Waals surface area (Å²) in [6, 6.07) is 19.2. The predicted molar refractivity (Wildman–Crippen MR) is 181 cm³/mol. The van der Waals surface area contributed by atoms with Crippen molar-refractivity contribution in [1.29, 1.82) is 0 Å². The number of carbonyl (C=O) groups is 1. The summed E-state index contributed by atoms with van der Waals surface area (Å²) in [6.07, 6.45) is 18.2. The normalized spacial score (nSPS) is 23.4. The second kappa shape index (κ2) is 15.2. The van der Waals surface area contributed by atoms with Gasteiger partial charge in [-0.2, -0.15) is 5.10 Å². The molecule has 242 valence electrons. The fraction of sp³-hybridized carbons (Fsp3) is 0.595. The summed E-state index contributed by atoms with van der Waals surface area (Å²) in [5.74, 6) is 0.925. The molecule has 1 aliphatic heterocycles. The molecule has 2 aromatic carbocycles. The maximum atomic E-state index is 13.1. The SMILES string of the molecule is CN(C(=O)c1ccccc1)C1CCC(N[C@H](Cc2ccc(Cl)cc2)CN2CCC(Cn3cncn3)(C3CCCCC3)CC2)CC1. The molecule has 0 bridgehead atoms. The number of carbonyl (C=O) groups excluding carboxylic acids is 1. The zero-order valence-electron chi connectivity index (χ0n) is 27.0. The van der Waals surface area contributed by atoms with Crippen LogP contribution >= 0.6 is 11.6 Å². The lowest BCUT2D eigenvalue weighted by molar-refractivity contribution is 0.00820. The van der Waals surface area contributed by atoms with Gasteiger partial charge in [0.25, 0.3) is 5.91 Å². The predicted octanol–water partition coefficient (Wildman–Crippen LogP) is 6.88. The minimum Gasteiger partial charge on any atom is -0.339 e. The quantitative estimate of drug-likeness (QED) is 0.250. The summed E-state index contributed by atoms with van der Waals surface area (Å²) in [5.41, 5.74) is 2.43. The highest BCUT2D eigenvalue weighted by molar-refractivity contribution is 6.30. The Balaban J connectivity index is 1.07. The van der Waals surface area contributed by atoms with Gasteiger partial charge < -0.3 is 15.1 Å². The molecule has 45 heavy (non-hydrogen) atoms. The van der Waals surface area contributed by atoms with E-state index < -0.39 is 0 Å². The summed E-state index contributed by atoms with van der Waals surface area (Å²) in [5, 5.41) is 9.42. The highest BCUT2D eigenvalue weighted by atomic mass is 35.5. The molecule has 3 aromatic rings. The van der Waals surface area contributed by atoms with E-state index in [1.807, 2.05) is 60.7 Å². The van der Waals surface area contributed by atoms with E-state index in [0.29, 0.717) is 23.5 Å². The highest BCUT2D eigenvalue weighted by Gasteiger charge is 2.42. The van der Waals surface area contributed by atoms with E-state index in [1.165, 1.54) is 50.5 Å². The number of likely N-dealkylation sites (tertiary alicyclic amines) is 1. The van der Waals surface area contributed by atoms with Crippen LogP contribution in [0.4, 0.5) is 0 Å². The average molecular weight is 631 g/mol. The number of rotatable bonds is 11. The minimum absolute atomic E-state index is 0.130. The molecule has 2 heterocycles. The number of nitrogens with one attached hydrogen (secondary N) is 1. The van der Waals surface area contributed by atoms with Gasteiger partial charge in [0.2, 0.25) is 0 Å². The van der Waals surface area contributed by atoms with Crippen molar-refractivity contribution >= 4 is 17.5 Å². The van der Waals surface area contributed by atoms with Crippen LogP contribution in [0.2, 0.25) is 5.02 Å². The van der Waals surface area contributed by atoms with E-state index in [0.717, 1.165) is 74.8 Å². The summed E-state index contributed by atoms with van der Waals surface area (Å²) < 4.78 is 2.09. The lowest BCUT2D eigenvalue weighted by Gasteiger charge is -2.48. The number of hydrogen-bond donors (Lipinski definition) is 1. The molecule has 1 saturated heterocycles. The third-order valence-electron chi connectivity index (χ3n) is 11.2. The highest BCUT2D eigenvalue weighted by Crippen LogP contribution is 2.47. The van der Waals surface area contributed by atoms with Crippen LogP contribution in [0.15, 0.2) is 67.3 Å². The lowest BCUT2D eigenvalue weighted by Crippen LogP contribution is -2.53. The molecule has 7 nitrogen and oxygen atoms in total. The Morgan fingerprint density at radius 2 is 1.69 bits per heavy atom. The first-order valence-corrected chi connectivity index (χ1v) is 17.7. The monoisotopic (exact) mass is 630 g/mol. The first-order chi connectivity index (χ1) is 22.0. The Morgan fingerprint density at radius 3 is 2.36 bits per heavy atom. The number of nitrogens with zero attached hydrogens (tertiary/aromatic N) is 5. The second-order valence-corrected chi connectivity index (χ2v) is 14.5. The fourth-order valence-electron chi connectivity index (χ4n) is 8.53. The van der Waals surface area contributed by atoms with Crippen molar-refractivity contribution in [3.63, 3.8) is 0 Å².